The fraction of sp³-hybridized carbons (Fsp3) is 0.600. The Labute approximate surface area is 223 Å². The maximum absolute atomic E-state index is 10.5. The first-order valence-electron chi connectivity index (χ1n) is 14.0. The van der Waals surface area contributed by atoms with Crippen LogP contribution in [-0.4, -0.2) is 77.1 Å². The molecule has 7 heteroatoms. The smallest absolute Gasteiger partial charge is 0.237 e. The summed E-state index contributed by atoms with van der Waals surface area (Å²) in [6, 6.07) is 11.6. The van der Waals surface area contributed by atoms with Crippen LogP contribution < -0.4 is 5.43 Å². The van der Waals surface area contributed by atoms with Gasteiger partial charge < -0.3 is 10.0 Å². The van der Waals surface area contributed by atoms with Crippen molar-refractivity contribution < 1.29 is 5.11 Å². The number of hydrogen-bond acceptors (Lipinski definition) is 4. The fourth-order valence-corrected chi connectivity index (χ4v) is 5.47. The van der Waals surface area contributed by atoms with Crippen molar-refractivity contribution in [3.63, 3.8) is 0 Å². The van der Waals surface area contributed by atoms with Gasteiger partial charge in [-0.1, -0.05) is 31.2 Å². The molecule has 0 amide bonds. The molecule has 1 saturated carbocycles. The minimum absolute atomic E-state index is 0.171. The summed E-state index contributed by atoms with van der Waals surface area (Å²) in [5, 5.41) is 10.5. The van der Waals surface area contributed by atoms with E-state index in [0.29, 0.717) is 11.9 Å². The van der Waals surface area contributed by atoms with Crippen molar-refractivity contribution in [3.05, 3.63) is 47.3 Å². The number of hydrogen-bond donors (Lipinski definition) is 2. The highest BCUT2D eigenvalue weighted by Gasteiger charge is 2.32. The monoisotopic (exact) mass is 506 g/mol. The van der Waals surface area contributed by atoms with E-state index in [0.717, 1.165) is 70.5 Å². The second-order valence-corrected chi connectivity index (χ2v) is 11.4. The molecule has 2 N–H and O–H groups in total. The number of likely N-dealkylation sites (N-methyl/N-ethyl adjacent to an activating group) is 1. The van der Waals surface area contributed by atoms with Crippen LogP contribution in [0.15, 0.2) is 40.3 Å². The Morgan fingerprint density at radius 2 is 1.81 bits per heavy atom. The summed E-state index contributed by atoms with van der Waals surface area (Å²) in [7, 11) is 2.20. The number of guanidine groups is 1. The summed E-state index contributed by atoms with van der Waals surface area (Å²) >= 11 is 0. The number of rotatable bonds is 7. The quantitative estimate of drug-likeness (QED) is 0.409. The van der Waals surface area contributed by atoms with Crippen LogP contribution in [0.3, 0.4) is 0 Å². The van der Waals surface area contributed by atoms with Gasteiger partial charge in [0, 0.05) is 55.6 Å². The van der Waals surface area contributed by atoms with Crippen LogP contribution >= 0.6 is 0 Å². The molecule has 0 spiro atoms. The van der Waals surface area contributed by atoms with E-state index in [-0.39, 0.29) is 6.04 Å². The molecule has 2 fully saturated rings. The van der Waals surface area contributed by atoms with E-state index in [2.05, 4.69) is 89.8 Å². The van der Waals surface area contributed by atoms with Crippen molar-refractivity contribution in [2.75, 3.05) is 38.7 Å². The molecule has 1 aromatic carbocycles. The summed E-state index contributed by atoms with van der Waals surface area (Å²) in [6.07, 6.45) is 4.49. The van der Waals surface area contributed by atoms with Gasteiger partial charge in [-0.25, -0.2) is 9.98 Å². The summed E-state index contributed by atoms with van der Waals surface area (Å²) < 4.78 is 2.16. The van der Waals surface area contributed by atoms with Gasteiger partial charge in [-0.3, -0.25) is 15.0 Å². The largest absolute Gasteiger partial charge is 0.390 e. The first-order valence-corrected chi connectivity index (χ1v) is 14.0. The van der Waals surface area contributed by atoms with Crippen molar-refractivity contribution in [1.29, 1.82) is 0 Å². The van der Waals surface area contributed by atoms with Gasteiger partial charge in [0.25, 0.3) is 0 Å². The van der Waals surface area contributed by atoms with Crippen LogP contribution in [0.4, 0.5) is 0 Å². The highest BCUT2D eigenvalue weighted by atomic mass is 16.3. The van der Waals surface area contributed by atoms with E-state index >= 15 is 0 Å². The zero-order valence-corrected chi connectivity index (χ0v) is 23.5. The van der Waals surface area contributed by atoms with E-state index < -0.39 is 5.60 Å². The predicted molar refractivity (Wildman–Crippen MR) is 155 cm³/mol. The number of aliphatic imine (C=N–C) groups is 2. The van der Waals surface area contributed by atoms with Gasteiger partial charge in [0.05, 0.1) is 11.6 Å². The molecule has 0 radical (unpaired) electrons. The molecular formula is C30H46N6O. The Balaban J connectivity index is 1.61. The van der Waals surface area contributed by atoms with Gasteiger partial charge in [-0.05, 0) is 83.8 Å². The minimum atomic E-state index is -0.565. The maximum Gasteiger partial charge on any atom is 0.237 e. The standard InChI is InChI=1S/C30H46N6O/c1-7-22(2)32-29(31-5)33-36-23(3)27(20-28(36)26-12-14-30(4,37)15-13-26)25-10-8-24(9-11-25)21-35-18-16-34(6)17-19-35/h8-11,20,22,26,37H,5,7,12-19,21H2,1-4,6H3,(H,32,33)/t22-,26?,30?/m0/s1. The lowest BCUT2D eigenvalue weighted by atomic mass is 9.78. The average molecular weight is 507 g/mol. The number of benzene rings is 1. The molecule has 1 saturated heterocycles. The summed E-state index contributed by atoms with van der Waals surface area (Å²) in [6.45, 7) is 17.6. The molecule has 4 rings (SSSR count). The first-order chi connectivity index (χ1) is 17.7. The summed E-state index contributed by atoms with van der Waals surface area (Å²) in [4.78, 5) is 13.9. The van der Waals surface area contributed by atoms with Gasteiger partial charge in [0.1, 0.15) is 0 Å². The van der Waals surface area contributed by atoms with Crippen LogP contribution in [0.5, 0.6) is 0 Å². The average Bonchev–Trinajstić information content (AvgIpc) is 3.21. The lowest BCUT2D eigenvalue weighted by molar-refractivity contribution is 0.0166. The van der Waals surface area contributed by atoms with Crippen molar-refractivity contribution in [1.82, 2.24) is 14.5 Å². The molecule has 202 valence electrons. The van der Waals surface area contributed by atoms with Gasteiger partial charge in [0.2, 0.25) is 5.96 Å². The number of aliphatic hydroxyl groups is 1. The van der Waals surface area contributed by atoms with E-state index in [1.165, 1.54) is 22.4 Å². The van der Waals surface area contributed by atoms with Crippen LogP contribution in [-0.2, 0) is 6.54 Å². The zero-order chi connectivity index (χ0) is 26.6. The molecule has 2 heterocycles. The van der Waals surface area contributed by atoms with E-state index in [1.807, 2.05) is 6.92 Å². The van der Waals surface area contributed by atoms with Crippen molar-refractivity contribution >= 4 is 12.7 Å². The number of nitrogens with zero attached hydrogens (tertiary/aromatic N) is 5. The molecule has 7 nitrogen and oxygen atoms in total. The van der Waals surface area contributed by atoms with Crippen LogP contribution in [0, 0.1) is 6.92 Å². The van der Waals surface area contributed by atoms with E-state index in [9.17, 15) is 5.11 Å². The van der Waals surface area contributed by atoms with E-state index in [4.69, 9.17) is 4.99 Å². The Hall–Kier alpha value is -2.48. The Morgan fingerprint density at radius 1 is 1.16 bits per heavy atom. The van der Waals surface area contributed by atoms with Crippen molar-refractivity contribution in [2.45, 2.75) is 83.9 Å². The minimum Gasteiger partial charge on any atom is -0.390 e. The van der Waals surface area contributed by atoms with Crippen LogP contribution in [0.2, 0.25) is 0 Å². The number of piperazine rings is 1. The third-order valence-electron chi connectivity index (χ3n) is 8.32. The number of aromatic nitrogens is 1. The van der Waals surface area contributed by atoms with Crippen molar-refractivity contribution in [2.24, 2.45) is 9.98 Å². The van der Waals surface area contributed by atoms with Crippen molar-refractivity contribution in [3.8, 4) is 11.1 Å². The fourth-order valence-electron chi connectivity index (χ4n) is 5.47. The molecule has 1 aliphatic carbocycles. The molecule has 2 aromatic rings. The Bertz CT molecular complexity index is 1070. The molecule has 1 aromatic heterocycles. The summed E-state index contributed by atoms with van der Waals surface area (Å²) in [5.41, 5.74) is 9.07. The molecule has 0 bridgehead atoms. The third-order valence-corrected chi connectivity index (χ3v) is 8.32. The second kappa shape index (κ2) is 11.9. The van der Waals surface area contributed by atoms with Crippen LogP contribution in [0.1, 0.15) is 75.7 Å². The Morgan fingerprint density at radius 3 is 2.41 bits per heavy atom. The van der Waals surface area contributed by atoms with Gasteiger partial charge >= 0.3 is 0 Å². The Kier molecular flexibility index (Phi) is 8.88. The summed E-state index contributed by atoms with van der Waals surface area (Å²) in [5.74, 6) is 0.914. The maximum atomic E-state index is 10.5. The topological polar surface area (TPSA) is 68.4 Å². The normalized spacial score (nSPS) is 24.7. The lowest BCUT2D eigenvalue weighted by Crippen LogP contribution is -2.43. The predicted octanol–water partition coefficient (Wildman–Crippen LogP) is 5.02. The molecule has 1 atom stereocenters. The highest BCUT2D eigenvalue weighted by molar-refractivity contribution is 5.91. The first kappa shape index (κ1) is 27.6. The zero-order valence-electron chi connectivity index (χ0n) is 23.5. The molecule has 2 aliphatic rings. The second-order valence-electron chi connectivity index (χ2n) is 11.4. The highest BCUT2D eigenvalue weighted by Crippen LogP contribution is 2.40. The SMILES string of the molecule is C=NC(=N[C@@H](C)CC)Nn1c(C2CCC(C)(O)CC2)cc(-c2ccc(CN3CCN(C)CC3)cc2)c1C. The van der Waals surface area contributed by atoms with Gasteiger partial charge in [0.15, 0.2) is 0 Å². The molecule has 0 unspecified atom stereocenters. The van der Waals surface area contributed by atoms with Gasteiger partial charge in [-0.2, -0.15) is 0 Å². The molecular weight excluding hydrogens is 460 g/mol. The molecule has 37 heavy (non-hydrogen) atoms. The van der Waals surface area contributed by atoms with Crippen LogP contribution in [0.25, 0.3) is 11.1 Å². The third kappa shape index (κ3) is 6.89. The lowest BCUT2D eigenvalue weighted by Gasteiger charge is -2.33. The number of nitrogens with one attached hydrogen (secondary N) is 1. The van der Waals surface area contributed by atoms with E-state index in [1.54, 1.807) is 0 Å². The van der Waals surface area contributed by atoms with Gasteiger partial charge in [-0.15, -0.1) is 0 Å². The molecule has 1 aliphatic heterocycles.